The number of nitrogens with one attached hydrogen (secondary N) is 2. The van der Waals surface area contributed by atoms with Crippen molar-refractivity contribution in [3.8, 4) is 17.0 Å². The van der Waals surface area contributed by atoms with Crippen LogP contribution in [0.25, 0.3) is 16.9 Å². The molecule has 1 aliphatic rings. The summed E-state index contributed by atoms with van der Waals surface area (Å²) in [4.78, 5) is 4.81. The van der Waals surface area contributed by atoms with E-state index in [0.717, 1.165) is 33.7 Å². The number of rotatable bonds is 8. The molecular weight excluding hydrogens is 417 g/mol. The Hall–Kier alpha value is -3.37. The highest BCUT2D eigenvalue weighted by Crippen LogP contribution is 2.36. The van der Waals surface area contributed by atoms with Crippen molar-refractivity contribution in [2.75, 3.05) is 17.3 Å². The first-order valence-corrected chi connectivity index (χ1v) is 12.3. The Morgan fingerprint density at radius 1 is 1.19 bits per heavy atom. The molecule has 0 bridgehead atoms. The van der Waals surface area contributed by atoms with Gasteiger partial charge in [0.25, 0.3) is 0 Å². The van der Waals surface area contributed by atoms with E-state index < -0.39 is 0 Å². The lowest BCUT2D eigenvalue weighted by molar-refractivity contribution is 0.477. The van der Waals surface area contributed by atoms with Gasteiger partial charge in [0, 0.05) is 34.9 Å². The lowest BCUT2D eigenvalue weighted by Crippen LogP contribution is -2.08. The van der Waals surface area contributed by atoms with Crippen molar-refractivity contribution in [2.45, 2.75) is 19.4 Å². The van der Waals surface area contributed by atoms with Crippen LogP contribution in [0.2, 0.25) is 0 Å². The number of benzene rings is 2. The molecule has 1 fully saturated rings. The molecular formula is C25H26N5OP. The summed E-state index contributed by atoms with van der Waals surface area (Å²) in [6, 6.07) is 17.6. The van der Waals surface area contributed by atoms with Crippen LogP contribution in [-0.2, 0) is 6.54 Å². The first-order chi connectivity index (χ1) is 15.6. The molecule has 2 aromatic heterocycles. The molecule has 6 nitrogen and oxygen atoms in total. The predicted molar refractivity (Wildman–Crippen MR) is 133 cm³/mol. The van der Waals surface area contributed by atoms with Crippen LogP contribution >= 0.6 is 8.58 Å². The summed E-state index contributed by atoms with van der Waals surface area (Å²) in [5, 5.41) is 23.0. The van der Waals surface area contributed by atoms with E-state index >= 15 is 0 Å². The number of aromatic nitrogens is 3. The van der Waals surface area contributed by atoms with E-state index in [2.05, 4.69) is 53.2 Å². The predicted octanol–water partition coefficient (Wildman–Crippen LogP) is 4.98. The zero-order valence-electron chi connectivity index (χ0n) is 18.0. The summed E-state index contributed by atoms with van der Waals surface area (Å²) in [7, 11) is 0.577. The van der Waals surface area contributed by atoms with Crippen molar-refractivity contribution in [3.05, 3.63) is 78.6 Å². The Morgan fingerprint density at radius 2 is 2.03 bits per heavy atom. The van der Waals surface area contributed by atoms with Gasteiger partial charge in [0.1, 0.15) is 11.6 Å². The van der Waals surface area contributed by atoms with E-state index in [1.54, 1.807) is 6.07 Å². The fraction of sp³-hybridized carbons (Fsp3) is 0.200. The molecule has 1 unspecified atom stereocenters. The van der Waals surface area contributed by atoms with Crippen molar-refractivity contribution < 1.29 is 5.11 Å². The number of hydrogen-bond acceptors (Lipinski definition) is 5. The molecule has 0 spiro atoms. The van der Waals surface area contributed by atoms with E-state index in [0.29, 0.717) is 32.3 Å². The monoisotopic (exact) mass is 443 g/mol. The number of allylic oxidation sites excluding steroid dienone is 1. The standard InChI is InChI=1S/C25H26N5OP/c1-16(18-10-11-18)28-19-7-5-6-17(12-19)14-26-24-13-21(20-8-3-4-9-22(20)31)29-25-23(32-2)15-27-30(24)25/h3-9,12-13,15,18,26,28,31-32H,1,10-11,14H2,2H3. The second-order valence-electron chi connectivity index (χ2n) is 8.07. The Balaban J connectivity index is 1.44. The number of para-hydroxylation sites is 1. The van der Waals surface area contributed by atoms with Gasteiger partial charge in [-0.15, -0.1) is 0 Å². The number of phenolic OH excluding ortho intramolecular Hbond substituents is 1. The molecule has 1 saturated carbocycles. The first kappa shape index (κ1) is 20.5. The molecule has 32 heavy (non-hydrogen) atoms. The van der Waals surface area contributed by atoms with Gasteiger partial charge < -0.3 is 15.7 Å². The smallest absolute Gasteiger partial charge is 0.165 e. The highest BCUT2D eigenvalue weighted by molar-refractivity contribution is 7.46. The van der Waals surface area contributed by atoms with Crippen molar-refractivity contribution in [1.82, 2.24) is 14.6 Å². The Morgan fingerprint density at radius 3 is 2.81 bits per heavy atom. The molecule has 2 aromatic carbocycles. The van der Waals surface area contributed by atoms with Crippen molar-refractivity contribution in [1.29, 1.82) is 0 Å². The van der Waals surface area contributed by atoms with E-state index in [-0.39, 0.29) is 5.75 Å². The van der Waals surface area contributed by atoms with E-state index in [4.69, 9.17) is 4.98 Å². The highest BCUT2D eigenvalue weighted by Gasteiger charge is 2.24. The maximum Gasteiger partial charge on any atom is 0.165 e. The molecule has 1 atom stereocenters. The average molecular weight is 443 g/mol. The van der Waals surface area contributed by atoms with Gasteiger partial charge >= 0.3 is 0 Å². The molecule has 0 amide bonds. The number of anilines is 2. The third kappa shape index (κ3) is 4.19. The van der Waals surface area contributed by atoms with E-state index in [1.807, 2.05) is 35.0 Å². The van der Waals surface area contributed by atoms with Gasteiger partial charge in [0.05, 0.1) is 11.9 Å². The number of fused-ring (bicyclic) bond motifs is 1. The molecule has 4 aromatic rings. The van der Waals surface area contributed by atoms with Gasteiger partial charge in [-0.25, -0.2) is 4.98 Å². The summed E-state index contributed by atoms with van der Waals surface area (Å²) < 4.78 is 1.84. The van der Waals surface area contributed by atoms with Crippen molar-refractivity contribution in [2.24, 2.45) is 5.92 Å². The van der Waals surface area contributed by atoms with Crippen LogP contribution in [0.5, 0.6) is 5.75 Å². The average Bonchev–Trinajstić information content (AvgIpc) is 3.58. The van der Waals surface area contributed by atoms with Gasteiger partial charge in [-0.3, -0.25) is 0 Å². The van der Waals surface area contributed by atoms with Crippen LogP contribution in [0, 0.1) is 5.92 Å². The van der Waals surface area contributed by atoms with Crippen molar-refractivity contribution >= 4 is 31.0 Å². The molecule has 7 heteroatoms. The van der Waals surface area contributed by atoms with Gasteiger partial charge in [-0.1, -0.05) is 39.4 Å². The Labute approximate surface area is 189 Å². The minimum absolute atomic E-state index is 0.213. The topological polar surface area (TPSA) is 74.5 Å². The lowest BCUT2D eigenvalue weighted by atomic mass is 10.1. The quantitative estimate of drug-likeness (QED) is 0.335. The third-order valence-electron chi connectivity index (χ3n) is 5.70. The highest BCUT2D eigenvalue weighted by atomic mass is 31.1. The normalized spacial score (nSPS) is 13.7. The Kier molecular flexibility index (Phi) is 5.54. The molecule has 162 valence electrons. The van der Waals surface area contributed by atoms with Crippen LogP contribution < -0.4 is 15.9 Å². The second-order valence-corrected chi connectivity index (χ2v) is 9.10. The summed E-state index contributed by atoms with van der Waals surface area (Å²) in [5.74, 6) is 1.66. The molecule has 0 radical (unpaired) electrons. The zero-order chi connectivity index (χ0) is 22.1. The molecule has 2 heterocycles. The maximum absolute atomic E-state index is 10.4. The second kappa shape index (κ2) is 8.64. The molecule has 1 aliphatic carbocycles. The molecule has 5 rings (SSSR count). The number of aromatic hydroxyl groups is 1. The summed E-state index contributed by atoms with van der Waals surface area (Å²) in [5.41, 5.74) is 5.54. The van der Waals surface area contributed by atoms with Gasteiger partial charge in [0.15, 0.2) is 5.65 Å². The summed E-state index contributed by atoms with van der Waals surface area (Å²) in [6.45, 7) is 6.91. The van der Waals surface area contributed by atoms with E-state index in [1.165, 1.54) is 12.8 Å². The number of hydrogen-bond donors (Lipinski definition) is 3. The van der Waals surface area contributed by atoms with Crippen LogP contribution in [0.3, 0.4) is 0 Å². The van der Waals surface area contributed by atoms with E-state index in [9.17, 15) is 5.11 Å². The fourth-order valence-electron chi connectivity index (χ4n) is 3.76. The third-order valence-corrected chi connectivity index (χ3v) is 6.59. The summed E-state index contributed by atoms with van der Waals surface area (Å²) >= 11 is 0. The number of nitrogens with zero attached hydrogens (tertiary/aromatic N) is 3. The van der Waals surface area contributed by atoms with Gasteiger partial charge in [-0.2, -0.15) is 9.61 Å². The SMILES string of the molecule is C=C(Nc1cccc(CNc2cc(-c3ccccc3O)nc3c(PC)cnn23)c1)C1CC1. The molecule has 0 aliphatic heterocycles. The maximum atomic E-state index is 10.4. The molecule has 3 N–H and O–H groups in total. The van der Waals surface area contributed by atoms with Gasteiger partial charge in [0.2, 0.25) is 0 Å². The lowest BCUT2D eigenvalue weighted by Gasteiger charge is -2.13. The summed E-state index contributed by atoms with van der Waals surface area (Å²) in [6.07, 6.45) is 4.33. The number of phenols is 1. The first-order valence-electron chi connectivity index (χ1n) is 10.8. The zero-order valence-corrected chi connectivity index (χ0v) is 19.0. The van der Waals surface area contributed by atoms with Crippen molar-refractivity contribution in [3.63, 3.8) is 0 Å². The largest absolute Gasteiger partial charge is 0.507 e. The van der Waals surface area contributed by atoms with Crippen LogP contribution in [0.4, 0.5) is 11.5 Å². The molecule has 0 saturated heterocycles. The Bertz CT molecular complexity index is 1290. The fourth-order valence-corrected chi connectivity index (χ4v) is 4.34. The van der Waals surface area contributed by atoms with Crippen LogP contribution in [0.15, 0.2) is 73.1 Å². The van der Waals surface area contributed by atoms with Crippen LogP contribution in [0.1, 0.15) is 18.4 Å². The van der Waals surface area contributed by atoms with Gasteiger partial charge in [-0.05, 0) is 55.3 Å². The van der Waals surface area contributed by atoms with Crippen LogP contribution in [-0.4, -0.2) is 26.4 Å². The minimum Gasteiger partial charge on any atom is -0.507 e. The minimum atomic E-state index is 0.213.